The average molecular weight is 558 g/mol. The minimum Gasteiger partial charge on any atom is -0.493 e. The first-order valence-electron chi connectivity index (χ1n) is 12.9. The summed E-state index contributed by atoms with van der Waals surface area (Å²) in [4.78, 5) is 46.8. The van der Waals surface area contributed by atoms with E-state index in [4.69, 9.17) is 9.47 Å². The zero-order valence-electron chi connectivity index (χ0n) is 22.0. The Morgan fingerprint density at radius 2 is 2.00 bits per heavy atom. The van der Waals surface area contributed by atoms with Crippen molar-refractivity contribution in [1.29, 1.82) is 0 Å². The van der Waals surface area contributed by atoms with E-state index in [1.165, 1.54) is 11.3 Å². The number of methoxy groups -OCH3 is 1. The van der Waals surface area contributed by atoms with Crippen LogP contribution in [-0.2, 0) is 4.79 Å². The van der Waals surface area contributed by atoms with Crippen molar-refractivity contribution in [3.8, 4) is 17.2 Å². The number of rotatable bonds is 7. The van der Waals surface area contributed by atoms with E-state index < -0.39 is 0 Å². The predicted octanol–water partition coefficient (Wildman–Crippen LogP) is 5.44. The molecule has 204 valence electrons. The molecule has 2 N–H and O–H groups in total. The molecule has 0 saturated carbocycles. The molecule has 2 aromatic heterocycles. The Morgan fingerprint density at radius 1 is 1.18 bits per heavy atom. The number of nitrogens with one attached hydrogen (secondary N) is 2. The maximum Gasteiger partial charge on any atom is 0.331 e. The van der Waals surface area contributed by atoms with Crippen LogP contribution in [0.15, 0.2) is 54.7 Å². The molecule has 11 heteroatoms. The van der Waals surface area contributed by atoms with Gasteiger partial charge in [-0.1, -0.05) is 12.1 Å². The van der Waals surface area contributed by atoms with Gasteiger partial charge in [0.25, 0.3) is 5.91 Å². The van der Waals surface area contributed by atoms with Gasteiger partial charge in [-0.3, -0.25) is 14.5 Å². The van der Waals surface area contributed by atoms with Crippen molar-refractivity contribution in [2.24, 2.45) is 0 Å². The summed E-state index contributed by atoms with van der Waals surface area (Å²) in [5.74, 6) is 1.52. The molecule has 4 amide bonds. The van der Waals surface area contributed by atoms with Crippen LogP contribution in [0.5, 0.6) is 17.2 Å². The number of anilines is 3. The number of hydrogen-bond donors (Lipinski definition) is 2. The standard InChI is InChI=1S/C29H27N5O5S/c1-17-14-19(39-23-8-4-3-7-22(23)38-2)9-10-20(17)34-21-11-12-30-28-24(21)25(32-29(34)37)26(40-28)27(36)31-18-6-5-13-33(15-18)16-35/h3-4,7-12,14,16,18H,5-6,13,15H2,1-2H3,(H,31,36)(H,32,37). The summed E-state index contributed by atoms with van der Waals surface area (Å²) in [5.41, 5.74) is 2.60. The minimum atomic E-state index is -0.376. The Morgan fingerprint density at radius 3 is 2.77 bits per heavy atom. The monoisotopic (exact) mass is 557 g/mol. The molecule has 0 radical (unpaired) electrons. The summed E-state index contributed by atoms with van der Waals surface area (Å²) in [6, 6.07) is 14.1. The SMILES string of the molecule is COc1ccccc1Oc1ccc(N2C(=O)Nc3c(C(=O)NC4CCCN(C=O)C4)sc4nccc2c34)c(C)c1. The molecule has 4 heterocycles. The van der Waals surface area contributed by atoms with Gasteiger partial charge in [0.2, 0.25) is 6.41 Å². The second-order valence-electron chi connectivity index (χ2n) is 9.70. The Kier molecular flexibility index (Phi) is 6.72. The number of aromatic nitrogens is 1. The minimum absolute atomic E-state index is 0.147. The van der Waals surface area contributed by atoms with Crippen LogP contribution < -0.4 is 25.0 Å². The van der Waals surface area contributed by atoms with Gasteiger partial charge < -0.3 is 25.0 Å². The fourth-order valence-corrected chi connectivity index (χ4v) is 6.25. The number of aryl methyl sites for hydroxylation is 1. The van der Waals surface area contributed by atoms with Crippen LogP contribution in [-0.4, -0.2) is 54.5 Å². The third kappa shape index (κ3) is 4.58. The molecule has 0 aliphatic carbocycles. The molecule has 2 aliphatic rings. The van der Waals surface area contributed by atoms with Gasteiger partial charge in [-0.25, -0.2) is 9.78 Å². The molecule has 2 aliphatic heterocycles. The van der Waals surface area contributed by atoms with Gasteiger partial charge >= 0.3 is 6.03 Å². The molecule has 6 rings (SSSR count). The van der Waals surface area contributed by atoms with E-state index in [2.05, 4.69) is 15.6 Å². The third-order valence-corrected chi connectivity index (χ3v) is 8.19. The Hall–Kier alpha value is -4.64. The second kappa shape index (κ2) is 10.5. The fraction of sp³-hybridized carbons (Fsp3) is 0.241. The van der Waals surface area contributed by atoms with Crippen molar-refractivity contribution in [2.75, 3.05) is 30.4 Å². The van der Waals surface area contributed by atoms with E-state index >= 15 is 0 Å². The number of likely N-dealkylation sites (tertiary alicyclic amines) is 1. The van der Waals surface area contributed by atoms with Gasteiger partial charge in [0.15, 0.2) is 11.5 Å². The summed E-state index contributed by atoms with van der Waals surface area (Å²) in [5, 5.41) is 6.69. The Balaban J connectivity index is 1.31. The number of carbonyl (C=O) groups is 3. The molecular formula is C29H27N5O5S. The molecule has 0 bridgehead atoms. The zero-order valence-corrected chi connectivity index (χ0v) is 22.8. The van der Waals surface area contributed by atoms with Crippen LogP contribution in [0.4, 0.5) is 21.9 Å². The van der Waals surface area contributed by atoms with E-state index in [-0.39, 0.29) is 18.0 Å². The van der Waals surface area contributed by atoms with Crippen molar-refractivity contribution in [3.05, 3.63) is 65.2 Å². The zero-order chi connectivity index (χ0) is 27.8. The molecule has 1 saturated heterocycles. The van der Waals surface area contributed by atoms with Crippen molar-refractivity contribution in [2.45, 2.75) is 25.8 Å². The Labute approximate surface area is 234 Å². The fourth-order valence-electron chi connectivity index (χ4n) is 5.23. The molecule has 10 nitrogen and oxygen atoms in total. The van der Waals surface area contributed by atoms with E-state index in [1.54, 1.807) is 35.2 Å². The number of amides is 4. The van der Waals surface area contributed by atoms with Crippen LogP contribution in [0.2, 0.25) is 0 Å². The largest absolute Gasteiger partial charge is 0.493 e. The number of nitrogens with zero attached hydrogens (tertiary/aromatic N) is 3. The van der Waals surface area contributed by atoms with E-state index in [0.717, 1.165) is 24.8 Å². The van der Waals surface area contributed by atoms with Crippen molar-refractivity contribution in [1.82, 2.24) is 15.2 Å². The third-order valence-electron chi connectivity index (χ3n) is 7.10. The van der Waals surface area contributed by atoms with Gasteiger partial charge in [-0.05, 0) is 61.7 Å². The molecule has 4 aromatic rings. The molecule has 1 unspecified atom stereocenters. The number of hydrogen-bond acceptors (Lipinski definition) is 7. The number of piperidine rings is 1. The van der Waals surface area contributed by atoms with Crippen LogP contribution in [0.25, 0.3) is 10.2 Å². The number of benzene rings is 2. The molecule has 0 spiro atoms. The lowest BCUT2D eigenvalue weighted by Crippen LogP contribution is -2.47. The van der Waals surface area contributed by atoms with Crippen LogP contribution in [0.1, 0.15) is 28.1 Å². The number of urea groups is 1. The van der Waals surface area contributed by atoms with Crippen LogP contribution >= 0.6 is 11.3 Å². The maximum atomic E-state index is 13.5. The van der Waals surface area contributed by atoms with E-state index in [9.17, 15) is 14.4 Å². The highest BCUT2D eigenvalue weighted by Gasteiger charge is 2.34. The first kappa shape index (κ1) is 25.6. The summed E-state index contributed by atoms with van der Waals surface area (Å²) in [6.07, 6.45) is 4.06. The number of pyridine rings is 1. The topological polar surface area (TPSA) is 113 Å². The maximum absolute atomic E-state index is 13.5. The van der Waals surface area contributed by atoms with Crippen molar-refractivity contribution < 1.29 is 23.9 Å². The van der Waals surface area contributed by atoms with Crippen molar-refractivity contribution >= 4 is 57.0 Å². The van der Waals surface area contributed by atoms with Crippen LogP contribution in [0, 0.1) is 6.92 Å². The van der Waals surface area contributed by atoms with Gasteiger partial charge in [-0.15, -0.1) is 11.3 Å². The number of ether oxygens (including phenoxy) is 2. The first-order valence-corrected chi connectivity index (χ1v) is 13.7. The number of carbonyl (C=O) groups excluding carboxylic acids is 3. The number of para-hydroxylation sites is 2. The quantitative estimate of drug-likeness (QED) is 0.293. The summed E-state index contributed by atoms with van der Waals surface area (Å²) >= 11 is 1.24. The summed E-state index contributed by atoms with van der Waals surface area (Å²) in [7, 11) is 1.59. The summed E-state index contributed by atoms with van der Waals surface area (Å²) in [6.45, 7) is 3.07. The van der Waals surface area contributed by atoms with E-state index in [0.29, 0.717) is 62.5 Å². The summed E-state index contributed by atoms with van der Waals surface area (Å²) < 4.78 is 11.4. The highest BCUT2D eigenvalue weighted by molar-refractivity contribution is 7.21. The van der Waals surface area contributed by atoms with E-state index in [1.807, 2.05) is 43.3 Å². The van der Waals surface area contributed by atoms with Crippen LogP contribution in [0.3, 0.4) is 0 Å². The smallest absolute Gasteiger partial charge is 0.331 e. The average Bonchev–Trinajstić information content (AvgIpc) is 3.34. The first-order chi connectivity index (χ1) is 19.5. The van der Waals surface area contributed by atoms with Gasteiger partial charge in [0.1, 0.15) is 15.5 Å². The normalized spacial score (nSPS) is 16.4. The molecule has 1 atom stereocenters. The lowest BCUT2D eigenvalue weighted by Gasteiger charge is -2.31. The lowest BCUT2D eigenvalue weighted by molar-refractivity contribution is -0.119. The van der Waals surface area contributed by atoms with Crippen molar-refractivity contribution in [3.63, 3.8) is 0 Å². The lowest BCUT2D eigenvalue weighted by atomic mass is 10.1. The highest BCUT2D eigenvalue weighted by Crippen LogP contribution is 2.46. The number of thiophene rings is 1. The molecule has 2 aromatic carbocycles. The van der Waals surface area contributed by atoms with Gasteiger partial charge in [0.05, 0.1) is 29.6 Å². The molecule has 40 heavy (non-hydrogen) atoms. The molecular weight excluding hydrogens is 530 g/mol. The molecule has 1 fully saturated rings. The predicted molar refractivity (Wildman–Crippen MR) is 153 cm³/mol. The van der Waals surface area contributed by atoms with Gasteiger partial charge in [0, 0.05) is 25.3 Å². The second-order valence-corrected chi connectivity index (χ2v) is 10.7. The Bertz CT molecular complexity index is 1640. The van der Waals surface area contributed by atoms with Gasteiger partial charge in [-0.2, -0.15) is 0 Å². The highest BCUT2D eigenvalue weighted by atomic mass is 32.1.